The maximum absolute atomic E-state index is 12.5. The summed E-state index contributed by atoms with van der Waals surface area (Å²) < 4.78 is 33.2. The van der Waals surface area contributed by atoms with Crippen LogP contribution in [0.3, 0.4) is 0 Å². The lowest BCUT2D eigenvalue weighted by Crippen LogP contribution is -2.43. The minimum atomic E-state index is -4.68. The van der Waals surface area contributed by atoms with Crippen LogP contribution in [-0.2, 0) is 19.7 Å². The Morgan fingerprint density at radius 3 is 1.17 bits per heavy atom. The summed E-state index contributed by atoms with van der Waals surface area (Å²) in [5.74, 6) is -1.34. The van der Waals surface area contributed by atoms with Gasteiger partial charge in [0.05, 0.1) is 6.42 Å². The van der Waals surface area contributed by atoms with E-state index in [1.807, 2.05) is 0 Å². The number of rotatable bonds is 36. The van der Waals surface area contributed by atoms with Crippen LogP contribution >= 0.6 is 0 Å². The predicted octanol–water partition coefficient (Wildman–Crippen LogP) is 10.9. The number of unbranched alkanes of at least 4 members (excludes halogenated alkanes) is 24. The molecule has 0 aromatic rings. The summed E-state index contributed by atoms with van der Waals surface area (Å²) >= 11 is 0. The third-order valence-corrected chi connectivity index (χ3v) is 10.1. The smallest absolute Gasteiger partial charge is 0.277 e. The molecule has 8 heteroatoms. The lowest BCUT2D eigenvalue weighted by atomic mass is 10.1. The van der Waals surface area contributed by atoms with Crippen LogP contribution in [0.4, 0.5) is 0 Å². The largest absolute Gasteiger partial charge is 0.356 e. The van der Waals surface area contributed by atoms with Gasteiger partial charge in [0.1, 0.15) is 0 Å². The van der Waals surface area contributed by atoms with Gasteiger partial charge < -0.3 is 10.6 Å². The van der Waals surface area contributed by atoms with Gasteiger partial charge in [-0.05, 0) is 64.2 Å². The van der Waals surface area contributed by atoms with Crippen molar-refractivity contribution in [1.29, 1.82) is 0 Å². The summed E-state index contributed by atoms with van der Waals surface area (Å²) in [4.78, 5) is 24.8. The molecule has 0 rings (SSSR count). The fourth-order valence-corrected chi connectivity index (χ4v) is 6.59. The Kier molecular flexibility index (Phi) is 33.9. The van der Waals surface area contributed by atoms with Gasteiger partial charge in [-0.1, -0.05) is 154 Å². The molecular weight excluding hydrogens is 621 g/mol. The molecule has 1 atom stereocenters. The van der Waals surface area contributed by atoms with Crippen molar-refractivity contribution < 1.29 is 22.6 Å². The lowest BCUT2D eigenvalue weighted by molar-refractivity contribution is -0.126. The highest BCUT2D eigenvalue weighted by atomic mass is 32.2. The van der Waals surface area contributed by atoms with Crippen LogP contribution in [0.5, 0.6) is 0 Å². The average Bonchev–Trinajstić information content (AvgIpc) is 3.05. The number of hydrogen-bond donors (Lipinski definition) is 3. The van der Waals surface area contributed by atoms with E-state index in [4.69, 9.17) is 0 Å². The van der Waals surface area contributed by atoms with Gasteiger partial charge in [0.2, 0.25) is 11.8 Å². The SMILES string of the molecule is CCCCCCCC/C=C\CCCCCCCCNC(=O)CC(C(=O)NCCCCCCCC/C=C\CCCCCCCC)S(=O)(=O)O. The fourth-order valence-electron chi connectivity index (χ4n) is 5.87. The molecule has 0 bridgehead atoms. The molecular formula is C40H76N2O5S. The highest BCUT2D eigenvalue weighted by molar-refractivity contribution is 7.87. The Bertz CT molecular complexity index is 903. The van der Waals surface area contributed by atoms with Crippen LogP contribution in [0, 0.1) is 0 Å². The van der Waals surface area contributed by atoms with Gasteiger partial charge in [0.15, 0.2) is 5.25 Å². The molecule has 3 N–H and O–H groups in total. The van der Waals surface area contributed by atoms with Crippen molar-refractivity contribution in [2.75, 3.05) is 13.1 Å². The zero-order chi connectivity index (χ0) is 35.4. The van der Waals surface area contributed by atoms with Crippen molar-refractivity contribution in [1.82, 2.24) is 10.6 Å². The molecule has 0 aliphatic heterocycles. The summed E-state index contributed by atoms with van der Waals surface area (Å²) in [6.45, 7) is 5.28. The highest BCUT2D eigenvalue weighted by Crippen LogP contribution is 2.12. The third-order valence-electron chi connectivity index (χ3n) is 9.02. The fraction of sp³-hybridized carbons (Fsp3) is 0.850. The molecule has 0 aromatic heterocycles. The number of carbonyl (C=O) groups excluding carboxylic acids is 2. The van der Waals surface area contributed by atoms with Crippen LogP contribution < -0.4 is 10.6 Å². The quantitative estimate of drug-likeness (QED) is 0.0343. The van der Waals surface area contributed by atoms with Crippen molar-refractivity contribution in [2.24, 2.45) is 0 Å². The Morgan fingerprint density at radius 2 is 0.812 bits per heavy atom. The molecule has 2 amide bonds. The van der Waals surface area contributed by atoms with E-state index >= 15 is 0 Å². The summed E-state index contributed by atoms with van der Waals surface area (Å²) in [7, 11) is -4.68. The van der Waals surface area contributed by atoms with Crippen molar-refractivity contribution in [3.63, 3.8) is 0 Å². The first-order valence-electron chi connectivity index (χ1n) is 20.1. The Hall–Kier alpha value is -1.67. The first-order chi connectivity index (χ1) is 23.3. The van der Waals surface area contributed by atoms with Gasteiger partial charge in [0, 0.05) is 13.1 Å². The summed E-state index contributed by atoms with van der Waals surface area (Å²) in [6.07, 6.45) is 42.2. The molecule has 7 nitrogen and oxygen atoms in total. The van der Waals surface area contributed by atoms with Crippen LogP contribution in [0.15, 0.2) is 24.3 Å². The number of hydrogen-bond acceptors (Lipinski definition) is 4. The van der Waals surface area contributed by atoms with Gasteiger partial charge in [-0.3, -0.25) is 14.1 Å². The molecule has 1 unspecified atom stereocenters. The van der Waals surface area contributed by atoms with E-state index in [0.29, 0.717) is 13.1 Å². The first kappa shape index (κ1) is 46.3. The van der Waals surface area contributed by atoms with Crippen molar-refractivity contribution >= 4 is 21.9 Å². The zero-order valence-electron chi connectivity index (χ0n) is 31.3. The van der Waals surface area contributed by atoms with Gasteiger partial charge in [-0.15, -0.1) is 0 Å². The standard InChI is InChI=1S/C40H76N2O5S/c1-3-5-7-9-11-13-15-17-19-21-23-25-27-29-31-33-35-41-39(43)37-38(48(45,46)47)40(44)42-36-34-32-30-28-26-24-22-20-18-16-14-12-10-8-6-4-2/h17-20,38H,3-16,21-37H2,1-2H3,(H,41,43)(H,42,44)(H,45,46,47)/b19-17-,20-18-. The second-order valence-corrected chi connectivity index (χ2v) is 15.3. The molecule has 0 aromatic carbocycles. The number of allylic oxidation sites excluding steroid dienone is 4. The van der Waals surface area contributed by atoms with E-state index < -0.39 is 33.6 Å². The molecule has 0 heterocycles. The van der Waals surface area contributed by atoms with E-state index in [1.165, 1.54) is 122 Å². The van der Waals surface area contributed by atoms with Gasteiger partial charge in [-0.25, -0.2) is 0 Å². The van der Waals surface area contributed by atoms with Crippen LogP contribution in [-0.4, -0.2) is 43.1 Å². The summed E-state index contributed by atoms with van der Waals surface area (Å²) in [6, 6.07) is 0. The minimum Gasteiger partial charge on any atom is -0.356 e. The Balaban J connectivity index is 3.80. The Morgan fingerprint density at radius 1 is 0.500 bits per heavy atom. The van der Waals surface area contributed by atoms with E-state index in [2.05, 4.69) is 48.8 Å². The van der Waals surface area contributed by atoms with Crippen molar-refractivity contribution in [3.8, 4) is 0 Å². The van der Waals surface area contributed by atoms with Crippen LogP contribution in [0.1, 0.15) is 200 Å². The lowest BCUT2D eigenvalue weighted by Gasteiger charge is -2.14. The topological polar surface area (TPSA) is 113 Å². The average molecular weight is 697 g/mol. The molecule has 0 aliphatic rings. The molecule has 0 saturated carbocycles. The van der Waals surface area contributed by atoms with Crippen molar-refractivity contribution in [2.45, 2.75) is 205 Å². The molecule has 282 valence electrons. The maximum Gasteiger partial charge on any atom is 0.277 e. The number of nitrogens with one attached hydrogen (secondary N) is 2. The second-order valence-electron chi connectivity index (χ2n) is 13.7. The number of amides is 2. The molecule has 48 heavy (non-hydrogen) atoms. The van der Waals surface area contributed by atoms with E-state index in [-0.39, 0.29) is 0 Å². The molecule has 0 radical (unpaired) electrons. The normalized spacial score (nSPS) is 12.6. The summed E-state index contributed by atoms with van der Waals surface area (Å²) in [5, 5.41) is 3.53. The first-order valence-corrected chi connectivity index (χ1v) is 21.6. The zero-order valence-corrected chi connectivity index (χ0v) is 32.1. The molecule has 0 spiro atoms. The minimum absolute atomic E-state index is 0.336. The van der Waals surface area contributed by atoms with Crippen molar-refractivity contribution in [3.05, 3.63) is 24.3 Å². The highest BCUT2D eigenvalue weighted by Gasteiger charge is 2.33. The molecule has 0 aliphatic carbocycles. The predicted molar refractivity (Wildman–Crippen MR) is 205 cm³/mol. The summed E-state index contributed by atoms with van der Waals surface area (Å²) in [5.41, 5.74) is 0. The van der Waals surface area contributed by atoms with Gasteiger partial charge in [-0.2, -0.15) is 8.42 Å². The molecule has 0 fully saturated rings. The van der Waals surface area contributed by atoms with Gasteiger partial charge in [0.25, 0.3) is 10.1 Å². The van der Waals surface area contributed by atoms with E-state index in [1.54, 1.807) is 0 Å². The monoisotopic (exact) mass is 697 g/mol. The third kappa shape index (κ3) is 32.9. The Labute approximate surface area is 297 Å². The maximum atomic E-state index is 12.5. The van der Waals surface area contributed by atoms with E-state index in [9.17, 15) is 22.6 Å². The second kappa shape index (κ2) is 35.2. The van der Waals surface area contributed by atoms with Gasteiger partial charge >= 0.3 is 0 Å². The van der Waals surface area contributed by atoms with Crippen LogP contribution in [0.2, 0.25) is 0 Å². The molecule has 0 saturated heterocycles. The van der Waals surface area contributed by atoms with Crippen LogP contribution in [0.25, 0.3) is 0 Å². The van der Waals surface area contributed by atoms with E-state index in [0.717, 1.165) is 57.8 Å². The number of carbonyl (C=O) groups is 2.